The number of anilines is 3. The summed E-state index contributed by atoms with van der Waals surface area (Å²) < 4.78 is 0. The van der Waals surface area contributed by atoms with Crippen LogP contribution in [0.2, 0.25) is 0 Å². The summed E-state index contributed by atoms with van der Waals surface area (Å²) in [5, 5.41) is 11.3. The summed E-state index contributed by atoms with van der Waals surface area (Å²) in [5.74, 6) is -1.27. The molecule has 0 amide bonds. The third-order valence-corrected chi connectivity index (χ3v) is 15.3. The first-order valence-electron chi connectivity index (χ1n) is 23.5. The van der Waals surface area contributed by atoms with E-state index in [0.29, 0.717) is 79.1 Å². The Morgan fingerprint density at radius 3 is 1.49 bits per heavy atom. The SMILES string of the molecule is O=C1C2=C3Cc4c(c5ccc6c7c(cc(Nc8cccc9c8C(=O)c8ccccc8C9=O)c(c4=C(Nc4cccc8c4C(=O)c4ccccc4C8=O)C=C3c3ccccc31)c57)-c1ccccc1C6=O)C=C2. The van der Waals surface area contributed by atoms with Crippen molar-refractivity contribution in [2.45, 2.75) is 6.42 Å². The molecule has 6 aliphatic carbocycles. The normalized spacial score (nSPS) is 15.4. The molecule has 0 heterocycles. The molecule has 0 saturated carbocycles. The third kappa shape index (κ3) is 5.12. The van der Waals surface area contributed by atoms with E-state index in [1.54, 1.807) is 72.8 Å². The topological polar surface area (TPSA) is 126 Å². The van der Waals surface area contributed by atoms with Gasteiger partial charge < -0.3 is 10.6 Å². The van der Waals surface area contributed by atoms with Crippen molar-refractivity contribution < 1.29 is 28.8 Å². The van der Waals surface area contributed by atoms with Crippen LogP contribution in [0.15, 0.2) is 175 Å². The predicted molar refractivity (Wildman–Crippen MR) is 274 cm³/mol. The van der Waals surface area contributed by atoms with Crippen LogP contribution < -0.4 is 15.9 Å². The molecule has 0 aliphatic heterocycles. The number of hydrogen-bond donors (Lipinski definition) is 2. The summed E-state index contributed by atoms with van der Waals surface area (Å²) in [4.78, 5) is 87.0. The molecule has 0 unspecified atom stereocenters. The second-order valence-electron chi connectivity index (χ2n) is 18.8. The maximum atomic E-state index is 14.7. The van der Waals surface area contributed by atoms with Crippen LogP contribution in [-0.4, -0.2) is 34.7 Å². The second-order valence-corrected chi connectivity index (χ2v) is 18.8. The van der Waals surface area contributed by atoms with Crippen molar-refractivity contribution in [2.75, 3.05) is 10.6 Å². The Labute approximate surface area is 404 Å². The Balaban J connectivity index is 1.10. The highest BCUT2D eigenvalue weighted by Crippen LogP contribution is 2.50. The molecule has 2 N–H and O–H groups in total. The molecule has 9 aromatic rings. The summed E-state index contributed by atoms with van der Waals surface area (Å²) >= 11 is 0. The standard InChI is InChI=1S/C63H32N2O6/c66-58-34-13-3-1-11-30(34)45-28-50(64-48-21-9-19-41-54(48)62(70)38-17-7-5-15-36(38)60(41)68)53-46-27-44(45)40(58)25-23-32(46)33-24-26-43-52-47(31-12-2-4-14-35(31)59(43)67)29-51(57(53)56(33)52)65-49-22-10-20-42-55(49)63(71)39-18-8-6-16-37(39)61(42)69/h1-26,28-29,64-65H,27H2. The Kier molecular flexibility index (Phi) is 7.74. The number of allylic oxidation sites excluding steroid dienone is 4. The minimum absolute atomic E-state index is 0.0874. The lowest BCUT2D eigenvalue weighted by molar-refractivity contribution is 0.0979. The molecule has 0 radical (unpaired) electrons. The average Bonchev–Trinajstić information content (AvgIpc) is 3.71. The largest absolute Gasteiger partial charge is 0.354 e. The number of benzene rings is 9. The molecule has 6 aliphatic rings. The van der Waals surface area contributed by atoms with E-state index in [1.807, 2.05) is 91.0 Å². The molecule has 0 spiro atoms. The van der Waals surface area contributed by atoms with Gasteiger partial charge in [0, 0.05) is 94.8 Å². The smallest absolute Gasteiger partial charge is 0.196 e. The van der Waals surface area contributed by atoms with Crippen molar-refractivity contribution in [3.8, 4) is 11.1 Å². The first-order chi connectivity index (χ1) is 34.7. The van der Waals surface area contributed by atoms with Gasteiger partial charge in [0.15, 0.2) is 34.7 Å². The third-order valence-electron chi connectivity index (χ3n) is 15.3. The van der Waals surface area contributed by atoms with Crippen molar-refractivity contribution >= 4 is 90.7 Å². The van der Waals surface area contributed by atoms with Gasteiger partial charge in [0.25, 0.3) is 0 Å². The molecule has 0 atom stereocenters. The molecule has 8 heteroatoms. The Hall–Kier alpha value is -9.66. The highest BCUT2D eigenvalue weighted by molar-refractivity contribution is 6.35. The summed E-state index contributed by atoms with van der Waals surface area (Å²) in [6.45, 7) is 0. The highest BCUT2D eigenvalue weighted by atomic mass is 16.2. The van der Waals surface area contributed by atoms with Gasteiger partial charge in [-0.15, -0.1) is 0 Å². The number of hydrogen-bond acceptors (Lipinski definition) is 8. The molecule has 330 valence electrons. The minimum atomic E-state index is -0.288. The fraction of sp³-hybridized carbons (Fsp3) is 0.0159. The number of nitrogens with one attached hydrogen (secondary N) is 2. The van der Waals surface area contributed by atoms with Gasteiger partial charge >= 0.3 is 0 Å². The molecule has 0 aromatic heterocycles. The first-order valence-corrected chi connectivity index (χ1v) is 23.5. The lowest BCUT2D eigenvalue weighted by Crippen LogP contribution is -2.25. The van der Waals surface area contributed by atoms with Gasteiger partial charge in [-0.1, -0.05) is 140 Å². The fourth-order valence-corrected chi connectivity index (χ4v) is 12.2. The van der Waals surface area contributed by atoms with E-state index < -0.39 is 0 Å². The number of Topliss-reactive ketones (excluding diaryl/α,β-unsaturated/α-hetero) is 1. The lowest BCUT2D eigenvalue weighted by Gasteiger charge is -2.27. The van der Waals surface area contributed by atoms with Gasteiger partial charge in [0.05, 0.1) is 22.5 Å². The summed E-state index contributed by atoms with van der Waals surface area (Å²) in [5.41, 5.74) is 12.4. The van der Waals surface area contributed by atoms with Crippen LogP contribution in [0.4, 0.5) is 17.1 Å². The van der Waals surface area contributed by atoms with Gasteiger partial charge in [-0.2, -0.15) is 0 Å². The molecule has 0 fully saturated rings. The quantitative estimate of drug-likeness (QED) is 0.179. The van der Waals surface area contributed by atoms with Gasteiger partial charge in [-0.25, -0.2) is 0 Å². The van der Waals surface area contributed by atoms with Crippen molar-refractivity contribution in [1.82, 2.24) is 0 Å². The molecule has 8 nitrogen and oxygen atoms in total. The van der Waals surface area contributed by atoms with Gasteiger partial charge in [0.2, 0.25) is 0 Å². The van der Waals surface area contributed by atoms with Crippen molar-refractivity contribution in [2.24, 2.45) is 0 Å². The zero-order valence-corrected chi connectivity index (χ0v) is 37.3. The van der Waals surface area contributed by atoms with E-state index in [9.17, 15) is 28.8 Å². The number of carbonyl (C=O) groups excluding carboxylic acids is 6. The van der Waals surface area contributed by atoms with Crippen LogP contribution in [0.5, 0.6) is 0 Å². The van der Waals surface area contributed by atoms with Crippen molar-refractivity contribution in [3.05, 3.63) is 258 Å². The van der Waals surface area contributed by atoms with Crippen molar-refractivity contribution in [1.29, 1.82) is 0 Å². The molecule has 15 rings (SSSR count). The maximum absolute atomic E-state index is 14.7. The summed E-state index contributed by atoms with van der Waals surface area (Å²) in [6, 6.07) is 45.4. The minimum Gasteiger partial charge on any atom is -0.354 e. The van der Waals surface area contributed by atoms with Crippen LogP contribution in [0.25, 0.3) is 50.0 Å². The van der Waals surface area contributed by atoms with Crippen molar-refractivity contribution in [3.63, 3.8) is 0 Å². The maximum Gasteiger partial charge on any atom is 0.196 e. The van der Waals surface area contributed by atoms with Crippen LogP contribution in [0, 0.1) is 0 Å². The number of ketones is 6. The summed E-state index contributed by atoms with van der Waals surface area (Å²) in [7, 11) is 0. The van der Waals surface area contributed by atoms with Crippen LogP contribution in [0.1, 0.15) is 107 Å². The molecule has 71 heavy (non-hydrogen) atoms. The van der Waals surface area contributed by atoms with E-state index in [1.165, 1.54) is 0 Å². The van der Waals surface area contributed by atoms with Crippen LogP contribution in [-0.2, 0) is 6.42 Å². The zero-order valence-electron chi connectivity index (χ0n) is 37.3. The zero-order chi connectivity index (χ0) is 47.6. The molecule has 0 saturated heterocycles. The van der Waals surface area contributed by atoms with E-state index >= 15 is 0 Å². The molecular weight excluding hydrogens is 881 g/mol. The molecular formula is C63H32N2O6. The number of fused-ring (bicyclic) bond motifs is 10. The van der Waals surface area contributed by atoms with Gasteiger partial charge in [0.1, 0.15) is 0 Å². The average molecular weight is 913 g/mol. The highest BCUT2D eigenvalue weighted by Gasteiger charge is 2.38. The van der Waals surface area contributed by atoms with Crippen LogP contribution in [0.3, 0.4) is 0 Å². The van der Waals surface area contributed by atoms with E-state index in [-0.39, 0.29) is 57.0 Å². The van der Waals surface area contributed by atoms with Gasteiger partial charge in [-0.3, -0.25) is 28.8 Å². The van der Waals surface area contributed by atoms with Crippen LogP contribution >= 0.6 is 0 Å². The predicted octanol–water partition coefficient (Wildman–Crippen LogP) is 11.6. The Morgan fingerprint density at radius 1 is 0.366 bits per heavy atom. The van der Waals surface area contributed by atoms with E-state index in [2.05, 4.69) is 16.7 Å². The number of rotatable bonds is 4. The van der Waals surface area contributed by atoms with E-state index in [4.69, 9.17) is 0 Å². The van der Waals surface area contributed by atoms with E-state index in [0.717, 1.165) is 60.3 Å². The molecule has 9 aromatic carbocycles. The fourth-order valence-electron chi connectivity index (χ4n) is 12.2. The van der Waals surface area contributed by atoms with Gasteiger partial charge in [-0.05, 0) is 74.7 Å². The monoisotopic (exact) mass is 912 g/mol. The second kappa shape index (κ2) is 14.0. The molecule has 2 bridgehead atoms. The lowest BCUT2D eigenvalue weighted by atomic mass is 9.78. The number of carbonyl (C=O) groups is 6. The first kappa shape index (κ1) is 39.3. The Morgan fingerprint density at radius 2 is 0.873 bits per heavy atom. The summed E-state index contributed by atoms with van der Waals surface area (Å²) in [6.07, 6.45) is 6.34. The Bertz CT molecular complexity index is 4370.